The number of rotatable bonds is 4. The molecule has 0 atom stereocenters. The molecule has 5 nitrogen and oxygen atoms in total. The number of benzene rings is 1. The summed E-state index contributed by atoms with van der Waals surface area (Å²) in [5.41, 5.74) is 5.21. The Kier molecular flexibility index (Phi) is 3.47. The minimum atomic E-state index is -0.985. The fourth-order valence-electron chi connectivity index (χ4n) is 1.32. The van der Waals surface area contributed by atoms with E-state index in [2.05, 4.69) is 14.9 Å². The van der Waals surface area contributed by atoms with Gasteiger partial charge in [0.25, 0.3) is 5.91 Å². The van der Waals surface area contributed by atoms with Crippen molar-refractivity contribution in [1.29, 1.82) is 0 Å². The van der Waals surface area contributed by atoms with Crippen LogP contribution in [0.25, 0.3) is 0 Å². The van der Waals surface area contributed by atoms with E-state index in [4.69, 9.17) is 5.73 Å². The second-order valence-corrected chi connectivity index (χ2v) is 4.04. The molecule has 0 spiro atoms. The van der Waals surface area contributed by atoms with Gasteiger partial charge >= 0.3 is 0 Å². The standard InChI is InChI=1S/C10H8F2N4OS/c11-7-2-8(12)9(1-6(7)10(13)17)14-3-5-4-18-16-15-5/h1-2,4,14H,3H2,(H2,13,17). The molecule has 0 aliphatic rings. The number of hydrogen-bond acceptors (Lipinski definition) is 5. The summed E-state index contributed by atoms with van der Waals surface area (Å²) in [7, 11) is 0. The fourth-order valence-corrected chi connectivity index (χ4v) is 1.77. The SMILES string of the molecule is NC(=O)c1cc(NCc2csnn2)c(F)cc1F. The Morgan fingerprint density at radius 3 is 2.78 bits per heavy atom. The molecule has 2 rings (SSSR count). The topological polar surface area (TPSA) is 80.9 Å². The van der Waals surface area contributed by atoms with Crippen molar-refractivity contribution in [1.82, 2.24) is 9.59 Å². The Hall–Kier alpha value is -2.09. The Labute approximate surface area is 105 Å². The van der Waals surface area contributed by atoms with Crippen molar-refractivity contribution in [2.45, 2.75) is 6.54 Å². The highest BCUT2D eigenvalue weighted by Gasteiger charge is 2.13. The lowest BCUT2D eigenvalue weighted by Crippen LogP contribution is -2.14. The third-order valence-electron chi connectivity index (χ3n) is 2.19. The molecule has 1 aromatic heterocycles. The van der Waals surface area contributed by atoms with Crippen molar-refractivity contribution in [2.75, 3.05) is 5.32 Å². The van der Waals surface area contributed by atoms with Gasteiger partial charge in [-0.15, -0.1) is 5.10 Å². The van der Waals surface area contributed by atoms with E-state index in [1.807, 2.05) is 0 Å². The fraction of sp³-hybridized carbons (Fsp3) is 0.100. The minimum absolute atomic E-state index is 0.0156. The predicted octanol–water partition coefficient (Wildman–Crippen LogP) is 1.53. The third kappa shape index (κ3) is 2.59. The number of carbonyl (C=O) groups is 1. The molecule has 0 unspecified atom stereocenters. The van der Waals surface area contributed by atoms with Crippen molar-refractivity contribution >= 4 is 23.1 Å². The van der Waals surface area contributed by atoms with Gasteiger partial charge < -0.3 is 11.1 Å². The van der Waals surface area contributed by atoms with Gasteiger partial charge in [0.1, 0.15) is 11.6 Å². The maximum Gasteiger partial charge on any atom is 0.251 e. The summed E-state index contributed by atoms with van der Waals surface area (Å²) in [4.78, 5) is 10.9. The molecule has 2 aromatic rings. The number of primary amides is 1. The van der Waals surface area contributed by atoms with Gasteiger partial charge in [-0.1, -0.05) is 4.49 Å². The summed E-state index contributed by atoms with van der Waals surface area (Å²) in [6.45, 7) is 0.219. The summed E-state index contributed by atoms with van der Waals surface area (Å²) in [6, 6.07) is 1.65. The number of amides is 1. The lowest BCUT2D eigenvalue weighted by atomic mass is 10.1. The van der Waals surface area contributed by atoms with E-state index in [9.17, 15) is 13.6 Å². The highest BCUT2D eigenvalue weighted by Crippen LogP contribution is 2.19. The Morgan fingerprint density at radius 2 is 2.17 bits per heavy atom. The lowest BCUT2D eigenvalue weighted by Gasteiger charge is -2.08. The molecule has 0 aliphatic carbocycles. The molecule has 3 N–H and O–H groups in total. The number of nitrogens with one attached hydrogen (secondary N) is 1. The molecule has 0 bridgehead atoms. The largest absolute Gasteiger partial charge is 0.377 e. The van der Waals surface area contributed by atoms with Crippen molar-refractivity contribution in [2.24, 2.45) is 5.73 Å². The molecular formula is C10H8F2N4OS. The first-order valence-corrected chi connectivity index (χ1v) is 5.70. The van der Waals surface area contributed by atoms with Gasteiger partial charge in [-0.05, 0) is 17.6 Å². The summed E-state index contributed by atoms with van der Waals surface area (Å²) < 4.78 is 30.3. The summed E-state index contributed by atoms with van der Waals surface area (Å²) in [5.74, 6) is -2.74. The first kappa shape index (κ1) is 12.4. The van der Waals surface area contributed by atoms with Crippen molar-refractivity contribution in [3.8, 4) is 0 Å². The van der Waals surface area contributed by atoms with E-state index in [0.717, 1.165) is 17.6 Å². The molecule has 0 saturated carbocycles. The molecule has 0 radical (unpaired) electrons. The number of nitrogens with zero attached hydrogens (tertiary/aromatic N) is 2. The second kappa shape index (κ2) is 5.05. The zero-order valence-corrected chi connectivity index (χ0v) is 9.80. The van der Waals surface area contributed by atoms with Crippen molar-refractivity contribution in [3.63, 3.8) is 0 Å². The van der Waals surface area contributed by atoms with Gasteiger partial charge in [0.2, 0.25) is 0 Å². The van der Waals surface area contributed by atoms with Crippen LogP contribution in [0.1, 0.15) is 16.1 Å². The molecule has 1 aromatic carbocycles. The van der Waals surface area contributed by atoms with E-state index < -0.39 is 17.5 Å². The van der Waals surface area contributed by atoms with Gasteiger partial charge in [0.15, 0.2) is 0 Å². The second-order valence-electron chi connectivity index (χ2n) is 3.43. The Bertz CT molecular complexity index is 574. The number of halogens is 2. The quantitative estimate of drug-likeness (QED) is 0.882. The lowest BCUT2D eigenvalue weighted by molar-refractivity contribution is 0.0996. The predicted molar refractivity (Wildman–Crippen MR) is 62.1 cm³/mol. The van der Waals surface area contributed by atoms with Crippen LogP contribution in [-0.4, -0.2) is 15.5 Å². The molecule has 1 amide bonds. The molecule has 0 aliphatic heterocycles. The molecule has 0 fully saturated rings. The number of anilines is 1. The van der Waals surface area contributed by atoms with Crippen LogP contribution in [0, 0.1) is 11.6 Å². The summed E-state index contributed by atoms with van der Waals surface area (Å²) >= 11 is 1.16. The minimum Gasteiger partial charge on any atom is -0.377 e. The van der Waals surface area contributed by atoms with Gasteiger partial charge in [0.05, 0.1) is 23.5 Å². The molecule has 18 heavy (non-hydrogen) atoms. The zero-order valence-electron chi connectivity index (χ0n) is 8.98. The molecule has 0 saturated heterocycles. The zero-order chi connectivity index (χ0) is 13.1. The van der Waals surface area contributed by atoms with Crippen LogP contribution < -0.4 is 11.1 Å². The number of hydrogen-bond donors (Lipinski definition) is 2. The maximum absolute atomic E-state index is 13.4. The van der Waals surface area contributed by atoms with Gasteiger partial charge in [-0.25, -0.2) is 8.78 Å². The normalized spacial score (nSPS) is 10.3. The first-order valence-electron chi connectivity index (χ1n) is 4.86. The van der Waals surface area contributed by atoms with E-state index in [0.29, 0.717) is 11.8 Å². The van der Waals surface area contributed by atoms with E-state index in [1.54, 1.807) is 5.38 Å². The van der Waals surface area contributed by atoms with E-state index >= 15 is 0 Å². The first-order chi connectivity index (χ1) is 8.58. The Balaban J connectivity index is 2.22. The highest BCUT2D eigenvalue weighted by molar-refractivity contribution is 7.03. The van der Waals surface area contributed by atoms with Gasteiger partial charge in [-0.3, -0.25) is 4.79 Å². The molecule has 1 heterocycles. The van der Waals surface area contributed by atoms with Crippen molar-refractivity contribution in [3.05, 3.63) is 40.4 Å². The number of nitrogens with two attached hydrogens (primary N) is 1. The van der Waals surface area contributed by atoms with Crippen LogP contribution in [0.15, 0.2) is 17.5 Å². The van der Waals surface area contributed by atoms with Crippen LogP contribution in [0.4, 0.5) is 14.5 Å². The monoisotopic (exact) mass is 270 g/mol. The van der Waals surface area contributed by atoms with Crippen LogP contribution in [0.3, 0.4) is 0 Å². The van der Waals surface area contributed by atoms with Crippen molar-refractivity contribution < 1.29 is 13.6 Å². The van der Waals surface area contributed by atoms with Crippen LogP contribution in [0.2, 0.25) is 0 Å². The van der Waals surface area contributed by atoms with Crippen LogP contribution in [-0.2, 0) is 6.54 Å². The molecule has 94 valence electrons. The van der Waals surface area contributed by atoms with E-state index in [-0.39, 0.29) is 17.8 Å². The smallest absolute Gasteiger partial charge is 0.251 e. The summed E-state index contributed by atoms with van der Waals surface area (Å²) in [6.07, 6.45) is 0. The molecular weight excluding hydrogens is 262 g/mol. The average molecular weight is 270 g/mol. The number of aromatic nitrogens is 2. The number of carbonyl (C=O) groups excluding carboxylic acids is 1. The maximum atomic E-state index is 13.4. The highest BCUT2D eigenvalue weighted by atomic mass is 32.1. The van der Waals surface area contributed by atoms with Crippen LogP contribution in [0.5, 0.6) is 0 Å². The third-order valence-corrected chi connectivity index (χ3v) is 2.74. The van der Waals surface area contributed by atoms with Gasteiger partial charge in [0, 0.05) is 11.4 Å². The van der Waals surface area contributed by atoms with Crippen LogP contribution >= 0.6 is 11.5 Å². The Morgan fingerprint density at radius 1 is 1.39 bits per heavy atom. The summed E-state index contributed by atoms with van der Waals surface area (Å²) in [5, 5.41) is 8.13. The average Bonchev–Trinajstić information content (AvgIpc) is 2.80. The van der Waals surface area contributed by atoms with E-state index in [1.165, 1.54) is 0 Å². The molecule has 8 heteroatoms. The van der Waals surface area contributed by atoms with Gasteiger partial charge in [-0.2, -0.15) is 0 Å².